The standard InChI is InChI=1S/C7H8N4O4/c12-3-1-4(13)11(2-3)7-8-5(6(14)15)9-10-7/h3,12H,1-2H2,(H,14,15)(H,8,9,10). The molecule has 3 N–H and O–H groups in total. The maximum atomic E-state index is 11.3. The lowest BCUT2D eigenvalue weighted by Gasteiger charge is -2.09. The Labute approximate surface area is 83.5 Å². The number of carbonyl (C=O) groups excluding carboxylic acids is 1. The maximum Gasteiger partial charge on any atom is 0.373 e. The predicted molar refractivity (Wildman–Crippen MR) is 46.3 cm³/mol. The van der Waals surface area contributed by atoms with Gasteiger partial charge in [0, 0.05) is 0 Å². The molecule has 0 spiro atoms. The van der Waals surface area contributed by atoms with Crippen LogP contribution in [0.1, 0.15) is 17.0 Å². The number of aliphatic hydroxyl groups excluding tert-OH is 1. The fraction of sp³-hybridized carbons (Fsp3) is 0.429. The van der Waals surface area contributed by atoms with Crippen LogP contribution in [0.15, 0.2) is 0 Å². The highest BCUT2D eigenvalue weighted by molar-refractivity contribution is 5.94. The van der Waals surface area contributed by atoms with Crippen LogP contribution < -0.4 is 4.90 Å². The minimum absolute atomic E-state index is 0.0109. The lowest BCUT2D eigenvalue weighted by molar-refractivity contribution is -0.117. The van der Waals surface area contributed by atoms with Gasteiger partial charge < -0.3 is 10.2 Å². The van der Waals surface area contributed by atoms with Crippen LogP contribution in [0.4, 0.5) is 5.95 Å². The normalized spacial score (nSPS) is 21.0. The van der Waals surface area contributed by atoms with Gasteiger partial charge in [-0.3, -0.25) is 14.8 Å². The van der Waals surface area contributed by atoms with Crippen LogP contribution in [0, 0.1) is 0 Å². The van der Waals surface area contributed by atoms with Crippen molar-refractivity contribution < 1.29 is 19.8 Å². The van der Waals surface area contributed by atoms with Crippen molar-refractivity contribution in [1.29, 1.82) is 0 Å². The van der Waals surface area contributed by atoms with E-state index in [0.29, 0.717) is 0 Å². The fourth-order valence-corrected chi connectivity index (χ4v) is 1.35. The SMILES string of the molecule is O=C(O)c1nc(N2CC(O)CC2=O)n[nH]1. The number of hydrogen-bond donors (Lipinski definition) is 3. The zero-order valence-corrected chi connectivity index (χ0v) is 7.54. The van der Waals surface area contributed by atoms with Gasteiger partial charge in [-0.2, -0.15) is 4.98 Å². The predicted octanol–water partition coefficient (Wildman–Crippen LogP) is -1.40. The average molecular weight is 212 g/mol. The second-order valence-electron chi connectivity index (χ2n) is 3.15. The molecule has 0 bridgehead atoms. The topological polar surface area (TPSA) is 119 Å². The highest BCUT2D eigenvalue weighted by atomic mass is 16.4. The number of amides is 1. The summed E-state index contributed by atoms with van der Waals surface area (Å²) in [6.45, 7) is 0.0930. The number of H-pyrrole nitrogens is 1. The molecule has 1 aromatic rings. The van der Waals surface area contributed by atoms with Crippen LogP contribution in [0.3, 0.4) is 0 Å². The number of β-amino-alcohol motifs (C(OH)–C–C–N with tert-alkyl or cyclic N) is 1. The number of rotatable bonds is 2. The summed E-state index contributed by atoms with van der Waals surface area (Å²) < 4.78 is 0. The summed E-state index contributed by atoms with van der Waals surface area (Å²) in [7, 11) is 0. The number of aromatic carboxylic acids is 1. The van der Waals surface area contributed by atoms with E-state index in [9.17, 15) is 14.7 Å². The minimum Gasteiger partial charge on any atom is -0.475 e. The zero-order valence-electron chi connectivity index (χ0n) is 7.54. The average Bonchev–Trinajstić information content (AvgIpc) is 2.71. The smallest absolute Gasteiger partial charge is 0.373 e. The number of aliphatic hydroxyl groups is 1. The van der Waals surface area contributed by atoms with Crippen molar-refractivity contribution in [2.45, 2.75) is 12.5 Å². The molecule has 2 rings (SSSR count). The Kier molecular flexibility index (Phi) is 2.12. The first-order valence-electron chi connectivity index (χ1n) is 4.22. The van der Waals surface area contributed by atoms with Gasteiger partial charge in [-0.15, -0.1) is 5.10 Å². The van der Waals surface area contributed by atoms with Gasteiger partial charge in [0.15, 0.2) is 0 Å². The van der Waals surface area contributed by atoms with Gasteiger partial charge in [0.1, 0.15) is 0 Å². The number of carboxylic acids is 1. The van der Waals surface area contributed by atoms with Crippen molar-refractivity contribution in [3.63, 3.8) is 0 Å². The molecule has 1 amide bonds. The molecule has 8 heteroatoms. The van der Waals surface area contributed by atoms with Crippen molar-refractivity contribution in [3.05, 3.63) is 5.82 Å². The van der Waals surface area contributed by atoms with E-state index in [1.54, 1.807) is 0 Å². The summed E-state index contributed by atoms with van der Waals surface area (Å²) in [6, 6.07) is 0. The first-order chi connectivity index (χ1) is 7.08. The fourth-order valence-electron chi connectivity index (χ4n) is 1.35. The molecule has 0 aliphatic carbocycles. The van der Waals surface area contributed by atoms with Crippen molar-refractivity contribution in [3.8, 4) is 0 Å². The quantitative estimate of drug-likeness (QED) is 0.554. The van der Waals surface area contributed by atoms with Crippen molar-refractivity contribution in [2.24, 2.45) is 0 Å². The number of hydrogen-bond acceptors (Lipinski definition) is 5. The van der Waals surface area contributed by atoms with Gasteiger partial charge >= 0.3 is 5.97 Å². The molecule has 0 saturated carbocycles. The van der Waals surface area contributed by atoms with E-state index in [-0.39, 0.29) is 30.6 Å². The van der Waals surface area contributed by atoms with Crippen LogP contribution in [-0.4, -0.2) is 49.9 Å². The Hall–Kier alpha value is -1.96. The van der Waals surface area contributed by atoms with E-state index in [1.807, 2.05) is 0 Å². The van der Waals surface area contributed by atoms with Gasteiger partial charge in [0.05, 0.1) is 19.1 Å². The monoisotopic (exact) mass is 212 g/mol. The summed E-state index contributed by atoms with van der Waals surface area (Å²) in [5, 5.41) is 23.5. The van der Waals surface area contributed by atoms with E-state index in [1.165, 1.54) is 0 Å². The van der Waals surface area contributed by atoms with Gasteiger partial charge in [-0.05, 0) is 0 Å². The van der Waals surface area contributed by atoms with Crippen molar-refractivity contribution in [2.75, 3.05) is 11.4 Å². The first-order valence-corrected chi connectivity index (χ1v) is 4.22. The van der Waals surface area contributed by atoms with E-state index < -0.39 is 12.1 Å². The summed E-state index contributed by atoms with van der Waals surface area (Å²) in [6.07, 6.45) is -0.735. The summed E-state index contributed by atoms with van der Waals surface area (Å²) >= 11 is 0. The third kappa shape index (κ3) is 1.66. The van der Waals surface area contributed by atoms with Gasteiger partial charge in [0.2, 0.25) is 11.7 Å². The molecule has 15 heavy (non-hydrogen) atoms. The van der Waals surface area contributed by atoms with Gasteiger partial charge in [-0.1, -0.05) is 0 Å². The summed E-state index contributed by atoms with van der Waals surface area (Å²) in [5.41, 5.74) is 0. The molecule has 1 saturated heterocycles. The Balaban J connectivity index is 2.23. The van der Waals surface area contributed by atoms with E-state index in [4.69, 9.17) is 5.11 Å². The minimum atomic E-state index is -1.25. The molecule has 1 atom stereocenters. The van der Waals surface area contributed by atoms with Gasteiger partial charge in [-0.25, -0.2) is 4.79 Å². The van der Waals surface area contributed by atoms with E-state index >= 15 is 0 Å². The summed E-state index contributed by atoms with van der Waals surface area (Å²) in [5.74, 6) is -1.92. The number of anilines is 1. The number of carbonyl (C=O) groups is 2. The first kappa shape index (κ1) is 9.59. The largest absolute Gasteiger partial charge is 0.475 e. The molecular weight excluding hydrogens is 204 g/mol. The Morgan fingerprint density at radius 3 is 2.80 bits per heavy atom. The van der Waals surface area contributed by atoms with Crippen LogP contribution >= 0.6 is 0 Å². The molecule has 80 valence electrons. The number of carboxylic acid groups (broad SMARTS) is 1. The van der Waals surface area contributed by atoms with Gasteiger partial charge in [0.25, 0.3) is 5.95 Å². The maximum absolute atomic E-state index is 11.3. The number of nitrogens with one attached hydrogen (secondary N) is 1. The Morgan fingerprint density at radius 1 is 1.60 bits per heavy atom. The third-order valence-corrected chi connectivity index (χ3v) is 2.02. The molecule has 0 aromatic carbocycles. The Bertz CT molecular complexity index is 415. The molecule has 1 aliphatic rings. The molecule has 2 heterocycles. The lowest BCUT2D eigenvalue weighted by Crippen LogP contribution is -2.26. The zero-order chi connectivity index (χ0) is 11.0. The van der Waals surface area contributed by atoms with Crippen LogP contribution in [0.25, 0.3) is 0 Å². The second kappa shape index (κ2) is 3.31. The number of nitrogens with zero attached hydrogens (tertiary/aromatic N) is 3. The highest BCUT2D eigenvalue weighted by Gasteiger charge is 2.31. The highest BCUT2D eigenvalue weighted by Crippen LogP contribution is 2.16. The number of aromatic amines is 1. The number of aromatic nitrogens is 3. The molecule has 1 aromatic heterocycles. The van der Waals surface area contributed by atoms with Crippen LogP contribution in [0.5, 0.6) is 0 Å². The molecule has 1 fully saturated rings. The summed E-state index contributed by atoms with van der Waals surface area (Å²) in [4.78, 5) is 26.5. The second-order valence-corrected chi connectivity index (χ2v) is 3.15. The van der Waals surface area contributed by atoms with E-state index in [2.05, 4.69) is 15.2 Å². The van der Waals surface area contributed by atoms with Crippen LogP contribution in [0.2, 0.25) is 0 Å². The molecule has 1 aliphatic heterocycles. The molecular formula is C7H8N4O4. The van der Waals surface area contributed by atoms with Crippen LogP contribution in [-0.2, 0) is 4.79 Å². The molecule has 8 nitrogen and oxygen atoms in total. The van der Waals surface area contributed by atoms with Crippen molar-refractivity contribution in [1.82, 2.24) is 15.2 Å². The Morgan fingerprint density at radius 2 is 2.33 bits per heavy atom. The molecule has 1 unspecified atom stereocenters. The van der Waals surface area contributed by atoms with E-state index in [0.717, 1.165) is 4.90 Å². The van der Waals surface area contributed by atoms with Crippen molar-refractivity contribution >= 4 is 17.8 Å². The molecule has 0 radical (unpaired) electrons. The third-order valence-electron chi connectivity index (χ3n) is 2.02. The lowest BCUT2D eigenvalue weighted by atomic mass is 10.3.